The molecular formula is C22H20BrClN2O2. The maximum atomic E-state index is 12.2. The molecule has 2 N–H and O–H groups in total. The van der Waals surface area contributed by atoms with Gasteiger partial charge in [0.15, 0.2) is 6.61 Å². The molecule has 0 saturated heterocycles. The van der Waals surface area contributed by atoms with E-state index in [1.54, 1.807) is 0 Å². The lowest BCUT2D eigenvalue weighted by Gasteiger charge is -2.14. The molecule has 4 nitrogen and oxygen atoms in total. The number of aryl methyl sites for hydroxylation is 1. The van der Waals surface area contributed by atoms with Crippen molar-refractivity contribution in [1.82, 2.24) is 0 Å². The minimum Gasteiger partial charge on any atom is -0.483 e. The number of anilines is 2. The van der Waals surface area contributed by atoms with E-state index in [4.69, 9.17) is 16.3 Å². The number of carbonyl (C=O) groups is 1. The van der Waals surface area contributed by atoms with Crippen LogP contribution in [0.25, 0.3) is 0 Å². The van der Waals surface area contributed by atoms with Gasteiger partial charge in [-0.1, -0.05) is 51.8 Å². The van der Waals surface area contributed by atoms with Gasteiger partial charge in [0, 0.05) is 22.3 Å². The number of hydrogen-bond acceptors (Lipinski definition) is 3. The molecule has 3 aromatic carbocycles. The van der Waals surface area contributed by atoms with Crippen molar-refractivity contribution < 1.29 is 9.53 Å². The second-order valence-corrected chi connectivity index (χ2v) is 7.61. The van der Waals surface area contributed by atoms with Crippen molar-refractivity contribution in [2.24, 2.45) is 0 Å². The number of rotatable bonds is 7. The molecule has 0 fully saturated rings. The van der Waals surface area contributed by atoms with Gasteiger partial charge < -0.3 is 15.4 Å². The van der Waals surface area contributed by atoms with Crippen LogP contribution in [0.1, 0.15) is 11.1 Å². The van der Waals surface area contributed by atoms with Gasteiger partial charge >= 0.3 is 0 Å². The summed E-state index contributed by atoms with van der Waals surface area (Å²) < 4.78 is 6.70. The molecule has 144 valence electrons. The highest BCUT2D eigenvalue weighted by Crippen LogP contribution is 2.26. The molecule has 0 bridgehead atoms. The smallest absolute Gasteiger partial charge is 0.262 e. The molecule has 0 unspecified atom stereocenters. The van der Waals surface area contributed by atoms with E-state index in [2.05, 4.69) is 26.6 Å². The van der Waals surface area contributed by atoms with E-state index in [1.165, 1.54) is 0 Å². The zero-order valence-electron chi connectivity index (χ0n) is 15.3. The first-order valence-electron chi connectivity index (χ1n) is 8.77. The first-order chi connectivity index (χ1) is 13.5. The number of amides is 1. The summed E-state index contributed by atoms with van der Waals surface area (Å²) in [6, 6.07) is 20.9. The van der Waals surface area contributed by atoms with Crippen molar-refractivity contribution in [2.75, 3.05) is 17.2 Å². The summed E-state index contributed by atoms with van der Waals surface area (Å²) in [6.45, 7) is 2.42. The Bertz CT molecular complexity index is 978. The summed E-state index contributed by atoms with van der Waals surface area (Å²) in [7, 11) is 0. The molecule has 0 spiro atoms. The summed E-state index contributed by atoms with van der Waals surface area (Å²) in [4.78, 5) is 12.2. The highest BCUT2D eigenvalue weighted by molar-refractivity contribution is 9.10. The first kappa shape index (κ1) is 20.2. The Morgan fingerprint density at radius 1 is 1.07 bits per heavy atom. The Morgan fingerprint density at radius 2 is 1.89 bits per heavy atom. The average Bonchev–Trinajstić information content (AvgIpc) is 2.66. The SMILES string of the molecule is Cc1cccc(NC(=O)COc2ccc(Br)cc2CNc2ccccc2Cl)c1. The molecule has 0 aliphatic rings. The third-order valence-corrected chi connectivity index (χ3v) is 4.85. The van der Waals surface area contributed by atoms with Crippen molar-refractivity contribution in [1.29, 1.82) is 0 Å². The average molecular weight is 460 g/mol. The van der Waals surface area contributed by atoms with Gasteiger partial charge in [0.25, 0.3) is 5.91 Å². The molecular weight excluding hydrogens is 440 g/mol. The standard InChI is InChI=1S/C22H20BrClN2O2/c1-15-5-4-6-18(11-15)26-22(27)14-28-21-10-9-17(23)12-16(21)13-25-20-8-3-2-7-19(20)24/h2-12,25H,13-14H2,1H3,(H,26,27). The molecule has 0 aliphatic heterocycles. The van der Waals surface area contributed by atoms with Gasteiger partial charge in [-0.15, -0.1) is 0 Å². The molecule has 0 heterocycles. The number of ether oxygens (including phenoxy) is 1. The molecule has 28 heavy (non-hydrogen) atoms. The third kappa shape index (κ3) is 5.75. The van der Waals surface area contributed by atoms with Crippen molar-refractivity contribution >= 4 is 44.8 Å². The number of nitrogens with one attached hydrogen (secondary N) is 2. The topological polar surface area (TPSA) is 50.4 Å². The van der Waals surface area contributed by atoms with Crippen LogP contribution in [-0.2, 0) is 11.3 Å². The highest BCUT2D eigenvalue weighted by Gasteiger charge is 2.09. The lowest BCUT2D eigenvalue weighted by Crippen LogP contribution is -2.20. The molecule has 0 aliphatic carbocycles. The van der Waals surface area contributed by atoms with E-state index in [9.17, 15) is 4.79 Å². The number of hydrogen-bond donors (Lipinski definition) is 2. The molecule has 1 amide bonds. The molecule has 6 heteroatoms. The minimum atomic E-state index is -0.210. The van der Waals surface area contributed by atoms with E-state index in [0.29, 0.717) is 17.3 Å². The lowest BCUT2D eigenvalue weighted by molar-refractivity contribution is -0.118. The molecule has 0 atom stereocenters. The largest absolute Gasteiger partial charge is 0.483 e. The van der Waals surface area contributed by atoms with Crippen LogP contribution in [0.4, 0.5) is 11.4 Å². The number of para-hydroxylation sites is 1. The van der Waals surface area contributed by atoms with Gasteiger partial charge in [-0.05, 0) is 55.0 Å². The second-order valence-electron chi connectivity index (χ2n) is 6.29. The van der Waals surface area contributed by atoms with Crippen LogP contribution in [0.15, 0.2) is 71.2 Å². The van der Waals surface area contributed by atoms with Gasteiger partial charge in [0.05, 0.1) is 10.7 Å². The quantitative estimate of drug-likeness (QED) is 0.453. The van der Waals surface area contributed by atoms with Crippen LogP contribution in [0, 0.1) is 6.92 Å². The van der Waals surface area contributed by atoms with Crippen molar-refractivity contribution in [3.05, 3.63) is 87.4 Å². The van der Waals surface area contributed by atoms with Crippen molar-refractivity contribution in [3.63, 3.8) is 0 Å². The number of carbonyl (C=O) groups excluding carboxylic acids is 1. The second kappa shape index (κ2) is 9.62. The maximum absolute atomic E-state index is 12.2. The van der Waals surface area contributed by atoms with Gasteiger partial charge in [-0.25, -0.2) is 0 Å². The normalized spacial score (nSPS) is 10.4. The lowest BCUT2D eigenvalue weighted by atomic mass is 10.2. The predicted molar refractivity (Wildman–Crippen MR) is 118 cm³/mol. The monoisotopic (exact) mass is 458 g/mol. The Balaban J connectivity index is 1.63. The van der Waals surface area contributed by atoms with E-state index < -0.39 is 0 Å². The zero-order chi connectivity index (χ0) is 19.9. The van der Waals surface area contributed by atoms with Gasteiger partial charge in [-0.3, -0.25) is 4.79 Å². The van der Waals surface area contributed by atoms with Crippen LogP contribution < -0.4 is 15.4 Å². The van der Waals surface area contributed by atoms with Crippen LogP contribution in [0.2, 0.25) is 5.02 Å². The van der Waals surface area contributed by atoms with Crippen LogP contribution in [0.5, 0.6) is 5.75 Å². The summed E-state index contributed by atoms with van der Waals surface area (Å²) in [6.07, 6.45) is 0. The van der Waals surface area contributed by atoms with Crippen LogP contribution in [-0.4, -0.2) is 12.5 Å². The summed E-state index contributed by atoms with van der Waals surface area (Å²) in [5.74, 6) is 0.431. The van der Waals surface area contributed by atoms with Gasteiger partial charge in [0.2, 0.25) is 0 Å². The minimum absolute atomic E-state index is 0.0747. The van der Waals surface area contributed by atoms with E-state index >= 15 is 0 Å². The Morgan fingerprint density at radius 3 is 2.68 bits per heavy atom. The van der Waals surface area contributed by atoms with Gasteiger partial charge in [-0.2, -0.15) is 0 Å². The Hall–Kier alpha value is -2.50. The van der Waals surface area contributed by atoms with E-state index in [0.717, 1.165) is 27.0 Å². The fourth-order valence-corrected chi connectivity index (χ4v) is 3.30. The first-order valence-corrected chi connectivity index (χ1v) is 9.94. The Labute approximate surface area is 178 Å². The maximum Gasteiger partial charge on any atom is 0.262 e. The molecule has 0 aromatic heterocycles. The fourth-order valence-electron chi connectivity index (χ4n) is 2.69. The molecule has 0 radical (unpaired) electrons. The summed E-state index contributed by atoms with van der Waals surface area (Å²) in [5.41, 5.74) is 3.59. The van der Waals surface area contributed by atoms with Crippen molar-refractivity contribution in [2.45, 2.75) is 13.5 Å². The number of benzene rings is 3. The van der Waals surface area contributed by atoms with Crippen LogP contribution in [0.3, 0.4) is 0 Å². The van der Waals surface area contributed by atoms with E-state index in [1.807, 2.05) is 73.7 Å². The third-order valence-electron chi connectivity index (χ3n) is 4.03. The fraction of sp³-hybridized carbons (Fsp3) is 0.136. The van der Waals surface area contributed by atoms with Crippen molar-refractivity contribution in [3.8, 4) is 5.75 Å². The highest BCUT2D eigenvalue weighted by atomic mass is 79.9. The zero-order valence-corrected chi connectivity index (χ0v) is 17.7. The molecule has 3 aromatic rings. The molecule has 0 saturated carbocycles. The molecule has 3 rings (SSSR count). The van der Waals surface area contributed by atoms with Crippen LogP contribution >= 0.6 is 27.5 Å². The predicted octanol–water partition coefficient (Wildman–Crippen LogP) is 6.04. The Kier molecular flexibility index (Phi) is 6.95. The summed E-state index contributed by atoms with van der Waals surface area (Å²) >= 11 is 9.68. The van der Waals surface area contributed by atoms with Gasteiger partial charge in [0.1, 0.15) is 5.75 Å². The van der Waals surface area contributed by atoms with E-state index in [-0.39, 0.29) is 12.5 Å². The summed E-state index contributed by atoms with van der Waals surface area (Å²) in [5, 5.41) is 6.79. The number of halogens is 2.